The monoisotopic (exact) mass is 278 g/mol. The minimum absolute atomic E-state index is 0.258. The van der Waals surface area contributed by atoms with Crippen LogP contribution in [-0.4, -0.2) is 42.0 Å². The molecular weight excluding hydrogens is 260 g/mol. The van der Waals surface area contributed by atoms with Gasteiger partial charge in [-0.1, -0.05) is 0 Å². The van der Waals surface area contributed by atoms with Crippen molar-refractivity contribution in [3.63, 3.8) is 0 Å². The number of carbonyl (C=O) groups excluding carboxylic acids is 1. The van der Waals surface area contributed by atoms with Gasteiger partial charge in [-0.05, 0) is 12.8 Å². The van der Waals surface area contributed by atoms with Crippen molar-refractivity contribution >= 4 is 5.97 Å². The molecule has 1 saturated carbocycles. The van der Waals surface area contributed by atoms with Gasteiger partial charge in [0.15, 0.2) is 5.79 Å². The summed E-state index contributed by atoms with van der Waals surface area (Å²) < 4.78 is 16.4. The summed E-state index contributed by atoms with van der Waals surface area (Å²) in [5.74, 6) is -0.773. The average molecular weight is 278 g/mol. The van der Waals surface area contributed by atoms with Crippen LogP contribution in [0.3, 0.4) is 0 Å². The Morgan fingerprint density at radius 1 is 1.20 bits per heavy atom. The minimum Gasteiger partial charge on any atom is -0.468 e. The van der Waals surface area contributed by atoms with E-state index in [1.165, 1.54) is 7.11 Å². The lowest BCUT2D eigenvalue weighted by atomic mass is 9.70. The van der Waals surface area contributed by atoms with Crippen LogP contribution < -0.4 is 0 Å². The standard InChI is InChI=1S/C14H18N2O4/c1-18-12(17)13(11-10-15-6-7-16-11)2-4-14(5-3-13)19-8-9-20-14/h6-7,10H,2-5,8-9H2,1H3. The molecule has 0 N–H and O–H groups in total. The number of ether oxygens (including phenoxy) is 3. The zero-order chi connectivity index (χ0) is 14.1. The van der Waals surface area contributed by atoms with Crippen LogP contribution >= 0.6 is 0 Å². The van der Waals surface area contributed by atoms with E-state index in [-0.39, 0.29) is 5.97 Å². The quantitative estimate of drug-likeness (QED) is 0.757. The molecule has 0 radical (unpaired) electrons. The maximum atomic E-state index is 12.3. The van der Waals surface area contributed by atoms with Crippen LogP contribution in [0.5, 0.6) is 0 Å². The molecule has 1 saturated heterocycles. The van der Waals surface area contributed by atoms with E-state index in [4.69, 9.17) is 14.2 Å². The Hall–Kier alpha value is -1.53. The molecule has 1 spiro atoms. The second kappa shape index (κ2) is 5.10. The number of nitrogens with zero attached hydrogens (tertiary/aromatic N) is 2. The topological polar surface area (TPSA) is 70.5 Å². The zero-order valence-corrected chi connectivity index (χ0v) is 11.5. The van der Waals surface area contributed by atoms with Crippen LogP contribution in [0, 0.1) is 0 Å². The van der Waals surface area contributed by atoms with Crippen molar-refractivity contribution in [2.24, 2.45) is 0 Å². The van der Waals surface area contributed by atoms with Gasteiger partial charge < -0.3 is 14.2 Å². The second-order valence-corrected chi connectivity index (χ2v) is 5.27. The molecule has 1 aromatic heterocycles. The molecule has 2 heterocycles. The highest BCUT2D eigenvalue weighted by atomic mass is 16.7. The first-order chi connectivity index (χ1) is 9.71. The highest BCUT2D eigenvalue weighted by molar-refractivity contribution is 5.82. The number of carbonyl (C=O) groups is 1. The number of hydrogen-bond acceptors (Lipinski definition) is 6. The molecule has 6 nitrogen and oxygen atoms in total. The van der Waals surface area contributed by atoms with Crippen molar-refractivity contribution in [1.29, 1.82) is 0 Å². The van der Waals surface area contributed by atoms with E-state index < -0.39 is 11.2 Å². The Morgan fingerprint density at radius 2 is 1.90 bits per heavy atom. The highest BCUT2D eigenvalue weighted by Crippen LogP contribution is 2.46. The molecule has 0 amide bonds. The molecule has 3 rings (SSSR count). The first-order valence-electron chi connectivity index (χ1n) is 6.84. The fourth-order valence-electron chi connectivity index (χ4n) is 3.15. The highest BCUT2D eigenvalue weighted by Gasteiger charge is 2.52. The van der Waals surface area contributed by atoms with Crippen molar-refractivity contribution in [3.05, 3.63) is 24.3 Å². The van der Waals surface area contributed by atoms with Crippen molar-refractivity contribution in [3.8, 4) is 0 Å². The van der Waals surface area contributed by atoms with Gasteiger partial charge in [0, 0.05) is 31.4 Å². The SMILES string of the molecule is COC(=O)C1(c2cnccn2)CCC2(CC1)OCCO2. The molecule has 1 aliphatic carbocycles. The molecule has 0 aromatic carbocycles. The van der Waals surface area contributed by atoms with Gasteiger partial charge in [0.1, 0.15) is 5.41 Å². The van der Waals surface area contributed by atoms with Gasteiger partial charge in [0.25, 0.3) is 0 Å². The zero-order valence-electron chi connectivity index (χ0n) is 11.5. The Balaban J connectivity index is 1.88. The van der Waals surface area contributed by atoms with Crippen LogP contribution in [0.4, 0.5) is 0 Å². The average Bonchev–Trinajstić information content (AvgIpc) is 2.97. The molecule has 0 unspecified atom stereocenters. The summed E-state index contributed by atoms with van der Waals surface area (Å²) in [6.07, 6.45) is 7.37. The normalized spacial score (nSPS) is 23.6. The number of methoxy groups -OCH3 is 1. The molecule has 1 aliphatic heterocycles. The Labute approximate surface area is 117 Å². The minimum atomic E-state index is -0.733. The van der Waals surface area contributed by atoms with Gasteiger partial charge in [-0.3, -0.25) is 14.8 Å². The van der Waals surface area contributed by atoms with E-state index in [1.54, 1.807) is 18.6 Å². The van der Waals surface area contributed by atoms with E-state index >= 15 is 0 Å². The van der Waals surface area contributed by atoms with Crippen LogP contribution in [0.25, 0.3) is 0 Å². The van der Waals surface area contributed by atoms with E-state index in [0.717, 1.165) is 0 Å². The molecule has 2 aliphatic rings. The lowest BCUT2D eigenvalue weighted by molar-refractivity contribution is -0.190. The third kappa shape index (κ3) is 2.09. The summed E-state index contributed by atoms with van der Waals surface area (Å²) in [7, 11) is 1.41. The molecule has 1 aromatic rings. The van der Waals surface area contributed by atoms with Gasteiger partial charge in [-0.15, -0.1) is 0 Å². The third-order valence-electron chi connectivity index (χ3n) is 4.31. The van der Waals surface area contributed by atoms with Crippen molar-refractivity contribution in [2.45, 2.75) is 36.9 Å². The van der Waals surface area contributed by atoms with Gasteiger partial charge in [-0.2, -0.15) is 0 Å². The Morgan fingerprint density at radius 3 is 2.45 bits per heavy atom. The van der Waals surface area contributed by atoms with Gasteiger partial charge in [0.05, 0.1) is 26.0 Å². The van der Waals surface area contributed by atoms with Gasteiger partial charge >= 0.3 is 5.97 Å². The molecule has 2 fully saturated rings. The second-order valence-electron chi connectivity index (χ2n) is 5.27. The summed E-state index contributed by atoms with van der Waals surface area (Å²) in [5.41, 5.74) is -0.0662. The summed E-state index contributed by atoms with van der Waals surface area (Å²) in [5, 5.41) is 0. The van der Waals surface area contributed by atoms with Crippen molar-refractivity contribution in [2.75, 3.05) is 20.3 Å². The summed E-state index contributed by atoms with van der Waals surface area (Å²) in [4.78, 5) is 20.7. The molecular formula is C14H18N2O4. The van der Waals surface area contributed by atoms with Crippen molar-refractivity contribution in [1.82, 2.24) is 9.97 Å². The van der Waals surface area contributed by atoms with E-state index in [1.807, 2.05) is 0 Å². The number of esters is 1. The summed E-state index contributed by atoms with van der Waals surface area (Å²) in [6, 6.07) is 0. The first-order valence-corrected chi connectivity index (χ1v) is 6.84. The van der Waals surface area contributed by atoms with E-state index in [2.05, 4.69) is 9.97 Å². The first kappa shape index (κ1) is 13.5. The molecule has 108 valence electrons. The predicted molar refractivity (Wildman–Crippen MR) is 68.8 cm³/mol. The van der Waals surface area contributed by atoms with Gasteiger partial charge in [-0.25, -0.2) is 0 Å². The van der Waals surface area contributed by atoms with Crippen LogP contribution in [0.15, 0.2) is 18.6 Å². The Kier molecular flexibility index (Phi) is 3.43. The van der Waals surface area contributed by atoms with E-state index in [0.29, 0.717) is 44.6 Å². The van der Waals surface area contributed by atoms with E-state index in [9.17, 15) is 4.79 Å². The Bertz CT molecular complexity index is 475. The van der Waals surface area contributed by atoms with Gasteiger partial charge in [0.2, 0.25) is 0 Å². The molecule has 0 atom stereocenters. The molecule has 20 heavy (non-hydrogen) atoms. The lowest BCUT2D eigenvalue weighted by Crippen LogP contribution is -2.47. The smallest absolute Gasteiger partial charge is 0.317 e. The van der Waals surface area contributed by atoms with Crippen LogP contribution in [0.2, 0.25) is 0 Å². The number of rotatable bonds is 2. The van der Waals surface area contributed by atoms with Crippen LogP contribution in [0.1, 0.15) is 31.4 Å². The molecule has 0 bridgehead atoms. The fourth-order valence-corrected chi connectivity index (χ4v) is 3.15. The fraction of sp³-hybridized carbons (Fsp3) is 0.643. The number of hydrogen-bond donors (Lipinski definition) is 0. The predicted octanol–water partition coefficient (Wildman–Crippen LogP) is 1.20. The number of aromatic nitrogens is 2. The largest absolute Gasteiger partial charge is 0.468 e. The summed E-state index contributed by atoms with van der Waals surface area (Å²) in [6.45, 7) is 1.24. The lowest BCUT2D eigenvalue weighted by Gasteiger charge is -2.41. The maximum absolute atomic E-state index is 12.3. The maximum Gasteiger partial charge on any atom is 0.317 e. The third-order valence-corrected chi connectivity index (χ3v) is 4.31. The van der Waals surface area contributed by atoms with Crippen LogP contribution in [-0.2, 0) is 24.4 Å². The summed E-state index contributed by atoms with van der Waals surface area (Å²) >= 11 is 0. The van der Waals surface area contributed by atoms with Crippen molar-refractivity contribution < 1.29 is 19.0 Å². The molecule has 6 heteroatoms.